The maximum atomic E-state index is 15.8. The number of aromatic nitrogens is 7. The number of aromatic amines is 2. The number of hydrogen-bond donors (Lipinski definition) is 2. The molecule has 0 fully saturated rings. The molecule has 0 amide bonds. The number of thiophene rings is 1. The van der Waals surface area contributed by atoms with Crippen LogP contribution < -0.4 is 4.90 Å². The molecule has 6 rings (SSSR count). The molecular formula is C23H17FN8S. The quantitative estimate of drug-likeness (QED) is 0.392. The Kier molecular flexibility index (Phi) is 4.40. The van der Waals surface area contributed by atoms with E-state index in [2.05, 4.69) is 30.1 Å². The number of nitrogens with one attached hydrogen (secondary N) is 2. The third-order valence-electron chi connectivity index (χ3n) is 5.46. The lowest BCUT2D eigenvalue weighted by atomic mass is 10.1. The van der Waals surface area contributed by atoms with Crippen LogP contribution in [-0.2, 0) is 0 Å². The van der Waals surface area contributed by atoms with Crippen molar-refractivity contribution in [2.45, 2.75) is 0 Å². The van der Waals surface area contributed by atoms with E-state index in [0.717, 1.165) is 27.2 Å². The molecule has 0 unspecified atom stereocenters. The van der Waals surface area contributed by atoms with Crippen LogP contribution in [0, 0.1) is 5.82 Å². The van der Waals surface area contributed by atoms with Gasteiger partial charge in [0.15, 0.2) is 11.6 Å². The van der Waals surface area contributed by atoms with Crippen molar-refractivity contribution >= 4 is 39.0 Å². The van der Waals surface area contributed by atoms with Gasteiger partial charge in [-0.1, -0.05) is 6.07 Å². The smallest absolute Gasteiger partial charge is 0.161 e. The molecule has 0 aliphatic heterocycles. The van der Waals surface area contributed by atoms with Crippen LogP contribution in [0.15, 0.2) is 54.6 Å². The topological polar surface area (TPSA) is 99.3 Å². The molecule has 0 aromatic carbocycles. The van der Waals surface area contributed by atoms with Crippen molar-refractivity contribution in [3.05, 3.63) is 60.4 Å². The van der Waals surface area contributed by atoms with Crippen LogP contribution in [0.25, 0.3) is 55.2 Å². The van der Waals surface area contributed by atoms with Gasteiger partial charge in [0.25, 0.3) is 0 Å². The van der Waals surface area contributed by atoms with Gasteiger partial charge in [-0.3, -0.25) is 20.1 Å². The number of rotatable bonds is 4. The van der Waals surface area contributed by atoms with Crippen molar-refractivity contribution in [1.29, 1.82) is 0 Å². The first-order chi connectivity index (χ1) is 16.1. The number of H-pyrrole nitrogens is 2. The van der Waals surface area contributed by atoms with Crippen molar-refractivity contribution in [2.75, 3.05) is 19.0 Å². The second-order valence-electron chi connectivity index (χ2n) is 7.75. The van der Waals surface area contributed by atoms with Crippen LogP contribution in [0.3, 0.4) is 0 Å². The molecule has 0 spiro atoms. The van der Waals surface area contributed by atoms with Crippen molar-refractivity contribution in [3.8, 4) is 33.2 Å². The highest BCUT2D eigenvalue weighted by Gasteiger charge is 2.21. The Labute approximate surface area is 191 Å². The number of nitrogens with zero attached hydrogens (tertiary/aromatic N) is 6. The van der Waals surface area contributed by atoms with Gasteiger partial charge in [-0.2, -0.15) is 5.10 Å². The van der Waals surface area contributed by atoms with Crippen LogP contribution >= 0.6 is 11.3 Å². The zero-order valence-corrected chi connectivity index (χ0v) is 18.5. The largest absolute Gasteiger partial charge is 0.376 e. The third-order valence-corrected chi connectivity index (χ3v) is 6.37. The van der Waals surface area contributed by atoms with Gasteiger partial charge < -0.3 is 9.88 Å². The van der Waals surface area contributed by atoms with Gasteiger partial charge in [-0.25, -0.2) is 9.37 Å². The molecular weight excluding hydrogens is 439 g/mol. The number of fused-ring (bicyclic) bond motifs is 2. The van der Waals surface area contributed by atoms with E-state index >= 15 is 4.39 Å². The summed E-state index contributed by atoms with van der Waals surface area (Å²) < 4.78 is 15.8. The summed E-state index contributed by atoms with van der Waals surface area (Å²) in [5, 5.41) is 9.55. The minimum atomic E-state index is -0.481. The minimum Gasteiger partial charge on any atom is -0.376 e. The van der Waals surface area contributed by atoms with E-state index in [1.807, 2.05) is 42.6 Å². The lowest BCUT2D eigenvalue weighted by molar-refractivity contribution is 0.638. The van der Waals surface area contributed by atoms with Crippen molar-refractivity contribution in [3.63, 3.8) is 0 Å². The average molecular weight is 457 g/mol. The molecule has 0 saturated heterocycles. The van der Waals surface area contributed by atoms with E-state index in [-0.39, 0.29) is 5.69 Å². The predicted molar refractivity (Wildman–Crippen MR) is 128 cm³/mol. The predicted octanol–water partition coefficient (Wildman–Crippen LogP) is 4.89. The van der Waals surface area contributed by atoms with Crippen molar-refractivity contribution < 1.29 is 4.39 Å². The first kappa shape index (κ1) is 19.5. The van der Waals surface area contributed by atoms with Crippen LogP contribution in [-0.4, -0.2) is 49.2 Å². The fourth-order valence-electron chi connectivity index (χ4n) is 3.81. The third kappa shape index (κ3) is 3.14. The molecule has 6 aromatic rings. The first-order valence-corrected chi connectivity index (χ1v) is 11.0. The molecule has 0 saturated carbocycles. The Hall–Kier alpha value is -4.18. The fourth-order valence-corrected chi connectivity index (χ4v) is 4.54. The molecule has 0 atom stereocenters. The number of pyridine rings is 3. The number of imidazole rings is 1. The first-order valence-electron chi connectivity index (χ1n) is 10.1. The van der Waals surface area contributed by atoms with Gasteiger partial charge in [0.1, 0.15) is 16.9 Å². The van der Waals surface area contributed by atoms with E-state index in [1.54, 1.807) is 42.3 Å². The average Bonchev–Trinajstić information content (AvgIpc) is 3.58. The van der Waals surface area contributed by atoms with E-state index in [9.17, 15) is 0 Å². The van der Waals surface area contributed by atoms with Crippen molar-refractivity contribution in [2.24, 2.45) is 0 Å². The second-order valence-corrected chi connectivity index (χ2v) is 8.70. The summed E-state index contributed by atoms with van der Waals surface area (Å²) in [6, 6.07) is 5.86. The standard InChI is InChI=1S/C23H17FN8S/c1-32(2)13-6-12(7-25-8-13)20-19(24)18-15(11-27-20)30-31-22(18)23-28-16-10-26-9-14(21(16)29-23)17-4-3-5-33-17/h3-11H,1-2H3,(H,28,29)(H,30,31). The zero-order valence-electron chi connectivity index (χ0n) is 17.7. The van der Waals surface area contributed by atoms with Crippen LogP contribution in [0.1, 0.15) is 0 Å². The monoisotopic (exact) mass is 456 g/mol. The minimum absolute atomic E-state index is 0.207. The van der Waals surface area contributed by atoms with Crippen molar-refractivity contribution in [1.82, 2.24) is 35.1 Å². The molecule has 33 heavy (non-hydrogen) atoms. The summed E-state index contributed by atoms with van der Waals surface area (Å²) >= 11 is 1.61. The molecule has 6 heterocycles. The molecule has 162 valence electrons. The van der Waals surface area contributed by atoms with Crippen LogP contribution in [0.4, 0.5) is 10.1 Å². The Balaban J connectivity index is 1.53. The van der Waals surface area contributed by atoms with Gasteiger partial charge in [-0.15, -0.1) is 11.3 Å². The van der Waals surface area contributed by atoms with E-state index in [4.69, 9.17) is 4.98 Å². The lowest BCUT2D eigenvalue weighted by Crippen LogP contribution is -2.09. The summed E-state index contributed by atoms with van der Waals surface area (Å²) in [5.74, 6) is -0.0238. The van der Waals surface area contributed by atoms with E-state index in [0.29, 0.717) is 28.0 Å². The van der Waals surface area contributed by atoms with Gasteiger partial charge in [0.05, 0.1) is 40.7 Å². The summed E-state index contributed by atoms with van der Waals surface area (Å²) in [7, 11) is 3.81. The summed E-state index contributed by atoms with van der Waals surface area (Å²) in [6.07, 6.45) is 8.39. The van der Waals surface area contributed by atoms with Gasteiger partial charge in [0, 0.05) is 42.5 Å². The molecule has 2 N–H and O–H groups in total. The Morgan fingerprint density at radius 3 is 2.70 bits per heavy atom. The number of hydrogen-bond acceptors (Lipinski definition) is 7. The maximum Gasteiger partial charge on any atom is 0.161 e. The second kappa shape index (κ2) is 7.45. The Bertz CT molecular complexity index is 1620. The Morgan fingerprint density at radius 2 is 1.88 bits per heavy atom. The fraction of sp³-hybridized carbons (Fsp3) is 0.0870. The number of anilines is 1. The molecule has 0 bridgehead atoms. The summed E-state index contributed by atoms with van der Waals surface area (Å²) in [4.78, 5) is 23.9. The molecule has 10 heteroatoms. The molecule has 0 aliphatic carbocycles. The molecule has 0 radical (unpaired) electrons. The highest BCUT2D eigenvalue weighted by Crippen LogP contribution is 2.35. The van der Waals surface area contributed by atoms with Crippen LogP contribution in [0.5, 0.6) is 0 Å². The van der Waals surface area contributed by atoms with E-state index < -0.39 is 5.82 Å². The molecule has 8 nitrogen and oxygen atoms in total. The Morgan fingerprint density at radius 1 is 1.00 bits per heavy atom. The zero-order chi connectivity index (χ0) is 22.5. The summed E-state index contributed by atoms with van der Waals surface area (Å²) in [6.45, 7) is 0. The van der Waals surface area contributed by atoms with Gasteiger partial charge in [0.2, 0.25) is 0 Å². The highest BCUT2D eigenvalue weighted by atomic mass is 32.1. The summed E-state index contributed by atoms with van der Waals surface area (Å²) in [5.41, 5.74) is 4.95. The molecule has 0 aliphatic rings. The van der Waals surface area contributed by atoms with Crippen LogP contribution in [0.2, 0.25) is 0 Å². The molecule has 6 aromatic heterocycles. The van der Waals surface area contributed by atoms with Gasteiger partial charge in [-0.05, 0) is 17.5 Å². The number of halogens is 1. The maximum absolute atomic E-state index is 15.8. The lowest BCUT2D eigenvalue weighted by Gasteiger charge is -2.13. The normalized spacial score (nSPS) is 11.5. The SMILES string of the molecule is CN(C)c1cncc(-c2ncc3[nH]nc(-c4nc5c(-c6cccs6)cncc5[nH]4)c3c2F)c1. The van der Waals surface area contributed by atoms with Gasteiger partial charge >= 0.3 is 0 Å². The van der Waals surface area contributed by atoms with E-state index in [1.165, 1.54) is 0 Å². The highest BCUT2D eigenvalue weighted by molar-refractivity contribution is 7.13.